The maximum absolute atomic E-state index is 10.1. The largest absolute Gasteiger partial charge is 2.00 e. The molecule has 106 valence electrons. The zero-order valence-electron chi connectivity index (χ0n) is 9.93. The molecule has 0 aliphatic rings. The molecule has 8 nitrogen and oxygen atoms in total. The Labute approximate surface area is 119 Å². The van der Waals surface area contributed by atoms with Crippen LogP contribution in [-0.4, -0.2) is 38.1 Å². The Balaban J connectivity index is -0.000000256. The molecule has 0 saturated heterocycles. The molecule has 0 N–H and O–H groups in total. The summed E-state index contributed by atoms with van der Waals surface area (Å²) in [4.78, 5) is 39.5. The number of carbonyl (C=O) groups is 4. The van der Waals surface area contributed by atoms with Crippen molar-refractivity contribution in [3.05, 3.63) is 24.3 Å². The number of hydrogen-bond donors (Lipinski definition) is 0. The molecule has 0 amide bonds. The van der Waals surface area contributed by atoms with Gasteiger partial charge in [0.25, 0.3) is 0 Å². The summed E-state index contributed by atoms with van der Waals surface area (Å²) < 4.78 is 8.17. The second-order valence-electron chi connectivity index (χ2n) is 2.35. The Morgan fingerprint density at radius 1 is 0.737 bits per heavy atom. The molecule has 0 radical (unpaired) electrons. The number of carbonyl (C=O) groups excluding carboxylic acids is 4. The Kier molecular flexibility index (Phi) is 16.2. The van der Waals surface area contributed by atoms with Crippen LogP contribution in [0.2, 0.25) is 0 Å². The van der Waals surface area contributed by atoms with Gasteiger partial charge in [0.2, 0.25) is 0 Å². The van der Waals surface area contributed by atoms with Crippen molar-refractivity contribution in [2.45, 2.75) is 0 Å². The molecule has 19 heavy (non-hydrogen) atoms. The maximum atomic E-state index is 10.1. The van der Waals surface area contributed by atoms with Crippen LogP contribution in [0, 0.1) is 0 Å². The van der Waals surface area contributed by atoms with E-state index in [4.69, 9.17) is 0 Å². The van der Waals surface area contributed by atoms with Crippen LogP contribution in [0.25, 0.3) is 0 Å². The van der Waals surface area contributed by atoms with Crippen molar-refractivity contribution in [2.75, 3.05) is 14.2 Å². The van der Waals surface area contributed by atoms with Gasteiger partial charge in [-0.05, 0) is 12.2 Å². The summed E-state index contributed by atoms with van der Waals surface area (Å²) in [6.07, 6.45) is 2.75. The molecule has 0 aliphatic heterocycles. The number of aliphatic carboxylic acids is 2. The second-order valence-corrected chi connectivity index (χ2v) is 2.35. The normalized spacial score (nSPS) is 8.95. The molecule has 0 aromatic rings. The summed E-state index contributed by atoms with van der Waals surface area (Å²) in [6.45, 7) is 0. The van der Waals surface area contributed by atoms with Crippen LogP contribution < -0.4 is 10.2 Å². The monoisotopic (exact) mass is 314 g/mol. The summed E-state index contributed by atoms with van der Waals surface area (Å²) in [5, 5.41) is 19.2. The fourth-order valence-corrected chi connectivity index (χ4v) is 0.408. The van der Waals surface area contributed by atoms with Gasteiger partial charge < -0.3 is 29.3 Å². The molecule has 0 fully saturated rings. The minimum absolute atomic E-state index is 0. The maximum Gasteiger partial charge on any atom is 2.00 e. The van der Waals surface area contributed by atoms with Gasteiger partial charge in [0, 0.05) is 12.2 Å². The van der Waals surface area contributed by atoms with E-state index in [0.29, 0.717) is 12.2 Å². The molecular weight excluding hydrogens is 304 g/mol. The second kappa shape index (κ2) is 13.9. The number of rotatable bonds is 4. The van der Waals surface area contributed by atoms with Crippen molar-refractivity contribution < 1.29 is 55.9 Å². The van der Waals surface area contributed by atoms with E-state index in [1.165, 1.54) is 0 Å². The summed E-state index contributed by atoms with van der Waals surface area (Å²) in [7, 11) is 2.31. The Morgan fingerprint density at radius 2 is 1.00 bits per heavy atom. The third kappa shape index (κ3) is 21.7. The van der Waals surface area contributed by atoms with Gasteiger partial charge in [0.15, 0.2) is 0 Å². The SMILES string of the molecule is COC(=O)/C=C/C(=O)[O-].COC(=O)/C=C/C(=O)[O-].[Fe+2]. The minimum Gasteiger partial charge on any atom is -0.545 e. The smallest absolute Gasteiger partial charge is 0.545 e. The molecular formula is C10H10FeO8. The van der Waals surface area contributed by atoms with Crippen LogP contribution in [0.3, 0.4) is 0 Å². The van der Waals surface area contributed by atoms with Gasteiger partial charge in [-0.1, -0.05) is 0 Å². The third-order valence-corrected chi connectivity index (χ3v) is 1.11. The van der Waals surface area contributed by atoms with Crippen molar-refractivity contribution in [1.29, 1.82) is 0 Å². The van der Waals surface area contributed by atoms with Crippen molar-refractivity contribution in [3.8, 4) is 0 Å². The fourth-order valence-electron chi connectivity index (χ4n) is 0.408. The van der Waals surface area contributed by atoms with Gasteiger partial charge in [-0.2, -0.15) is 0 Å². The summed E-state index contributed by atoms with van der Waals surface area (Å²) in [6, 6.07) is 0. The summed E-state index contributed by atoms with van der Waals surface area (Å²) >= 11 is 0. The molecule has 0 heterocycles. The first-order valence-corrected chi connectivity index (χ1v) is 4.27. The molecule has 0 aromatic heterocycles. The number of carboxylic acids is 2. The van der Waals surface area contributed by atoms with Gasteiger partial charge in [0.05, 0.1) is 26.2 Å². The van der Waals surface area contributed by atoms with E-state index in [1.54, 1.807) is 0 Å². The quantitative estimate of drug-likeness (QED) is 0.303. The van der Waals surface area contributed by atoms with E-state index in [9.17, 15) is 29.4 Å². The Bertz CT molecular complexity index is 336. The standard InChI is InChI=1S/2C5H6O4.Fe/c2*1-9-5(8)3-2-4(6)7;/h2*2-3H,1H3,(H,6,7);/q;;+2/p-2/b2*3-2+;. The zero-order chi connectivity index (χ0) is 14.6. The molecule has 0 rings (SSSR count). The van der Waals surface area contributed by atoms with Crippen molar-refractivity contribution in [3.63, 3.8) is 0 Å². The van der Waals surface area contributed by atoms with E-state index >= 15 is 0 Å². The van der Waals surface area contributed by atoms with Crippen molar-refractivity contribution in [1.82, 2.24) is 0 Å². The number of esters is 2. The average molecular weight is 314 g/mol. The van der Waals surface area contributed by atoms with Gasteiger partial charge in [-0.25, -0.2) is 9.59 Å². The van der Waals surface area contributed by atoms with E-state index < -0.39 is 23.9 Å². The van der Waals surface area contributed by atoms with Crippen LogP contribution in [-0.2, 0) is 45.7 Å². The van der Waals surface area contributed by atoms with E-state index in [2.05, 4.69) is 9.47 Å². The van der Waals surface area contributed by atoms with Crippen LogP contribution in [0.1, 0.15) is 0 Å². The average Bonchev–Trinajstić information content (AvgIpc) is 2.33. The van der Waals surface area contributed by atoms with Crippen molar-refractivity contribution in [2.24, 2.45) is 0 Å². The van der Waals surface area contributed by atoms with E-state index in [-0.39, 0.29) is 17.1 Å². The fraction of sp³-hybridized carbons (Fsp3) is 0.200. The number of carboxylic acid groups (broad SMARTS) is 2. The molecule has 0 saturated carbocycles. The summed E-state index contributed by atoms with van der Waals surface area (Å²) in [5.74, 6) is -4.25. The first-order valence-electron chi connectivity index (χ1n) is 4.27. The Hall–Kier alpha value is -2.12. The van der Waals surface area contributed by atoms with Crippen LogP contribution in [0.5, 0.6) is 0 Å². The Morgan fingerprint density at radius 3 is 1.16 bits per heavy atom. The number of hydrogen-bond acceptors (Lipinski definition) is 8. The first-order chi connectivity index (χ1) is 8.33. The van der Waals surface area contributed by atoms with Crippen LogP contribution >= 0.6 is 0 Å². The van der Waals surface area contributed by atoms with Gasteiger partial charge in [-0.15, -0.1) is 0 Å². The number of methoxy groups -OCH3 is 2. The van der Waals surface area contributed by atoms with E-state index in [1.807, 2.05) is 0 Å². The molecule has 0 aromatic carbocycles. The van der Waals surface area contributed by atoms with E-state index in [0.717, 1.165) is 26.4 Å². The third-order valence-electron chi connectivity index (χ3n) is 1.11. The first kappa shape index (κ1) is 22.1. The summed E-state index contributed by atoms with van der Waals surface area (Å²) in [5.41, 5.74) is 0. The van der Waals surface area contributed by atoms with Gasteiger partial charge in [0.1, 0.15) is 0 Å². The minimum atomic E-state index is -1.42. The predicted octanol–water partition coefficient (Wildman–Crippen LogP) is -3.07. The van der Waals surface area contributed by atoms with Gasteiger partial charge in [-0.3, -0.25) is 0 Å². The molecule has 0 bridgehead atoms. The molecule has 0 spiro atoms. The molecule has 0 atom stereocenters. The topological polar surface area (TPSA) is 133 Å². The van der Waals surface area contributed by atoms with Crippen LogP contribution in [0.4, 0.5) is 0 Å². The predicted molar refractivity (Wildman–Crippen MR) is 52.3 cm³/mol. The number of ether oxygens (including phenoxy) is 2. The van der Waals surface area contributed by atoms with Gasteiger partial charge >= 0.3 is 29.0 Å². The zero-order valence-corrected chi connectivity index (χ0v) is 11.0. The molecule has 0 aliphatic carbocycles. The molecule has 9 heteroatoms. The molecule has 0 unspecified atom stereocenters. The van der Waals surface area contributed by atoms with Crippen LogP contribution in [0.15, 0.2) is 24.3 Å². The van der Waals surface area contributed by atoms with Crippen molar-refractivity contribution >= 4 is 23.9 Å².